The van der Waals surface area contributed by atoms with Gasteiger partial charge >= 0.3 is 5.97 Å². The second-order valence-electron chi connectivity index (χ2n) is 3.96. The third kappa shape index (κ3) is 4.37. The topological polar surface area (TPSA) is 39.2 Å². The van der Waals surface area contributed by atoms with Crippen molar-refractivity contribution in [1.29, 1.82) is 0 Å². The SMILES string of the molecule is Cc1nc(C#CCCC(=O)Oc2ccccc2Cl)cs1. The monoisotopic (exact) mass is 305 g/mol. The van der Waals surface area contributed by atoms with Crippen LogP contribution in [0.3, 0.4) is 0 Å². The highest BCUT2D eigenvalue weighted by molar-refractivity contribution is 7.09. The molecule has 1 heterocycles. The van der Waals surface area contributed by atoms with Crippen LogP contribution in [0.25, 0.3) is 0 Å². The molecule has 0 fully saturated rings. The third-order valence-corrected chi connectivity index (χ3v) is 3.44. The van der Waals surface area contributed by atoms with Gasteiger partial charge in [-0.15, -0.1) is 11.3 Å². The fourth-order valence-corrected chi connectivity index (χ4v) is 2.16. The van der Waals surface area contributed by atoms with E-state index in [0.29, 0.717) is 17.2 Å². The minimum Gasteiger partial charge on any atom is -0.425 e. The zero-order valence-electron chi connectivity index (χ0n) is 10.9. The molecule has 1 aromatic carbocycles. The number of benzene rings is 1. The molecule has 0 aliphatic rings. The number of carbonyl (C=O) groups is 1. The molecule has 1 aromatic heterocycles. The quantitative estimate of drug-likeness (QED) is 0.491. The van der Waals surface area contributed by atoms with Crippen LogP contribution in [0, 0.1) is 18.8 Å². The largest absolute Gasteiger partial charge is 0.425 e. The lowest BCUT2D eigenvalue weighted by Gasteiger charge is -2.04. The summed E-state index contributed by atoms with van der Waals surface area (Å²) in [5, 5.41) is 3.29. The molecule has 2 aromatic rings. The summed E-state index contributed by atoms with van der Waals surface area (Å²) in [6, 6.07) is 6.87. The summed E-state index contributed by atoms with van der Waals surface area (Å²) in [5.74, 6) is 5.85. The van der Waals surface area contributed by atoms with Gasteiger partial charge in [0.05, 0.1) is 16.5 Å². The zero-order chi connectivity index (χ0) is 14.4. The first kappa shape index (κ1) is 14.6. The molecule has 0 saturated heterocycles. The molecule has 3 nitrogen and oxygen atoms in total. The van der Waals surface area contributed by atoms with Crippen molar-refractivity contribution in [2.24, 2.45) is 0 Å². The summed E-state index contributed by atoms with van der Waals surface area (Å²) in [4.78, 5) is 15.8. The van der Waals surface area contributed by atoms with Gasteiger partial charge in [0.1, 0.15) is 11.4 Å². The summed E-state index contributed by atoms with van der Waals surface area (Å²) in [5.41, 5.74) is 0.743. The van der Waals surface area contributed by atoms with Gasteiger partial charge in [0.15, 0.2) is 0 Å². The van der Waals surface area contributed by atoms with Gasteiger partial charge in [-0.1, -0.05) is 29.7 Å². The molecule has 0 aliphatic heterocycles. The summed E-state index contributed by atoms with van der Waals surface area (Å²) in [6.45, 7) is 1.93. The maximum Gasteiger partial charge on any atom is 0.312 e. The van der Waals surface area contributed by atoms with Crippen molar-refractivity contribution in [3.05, 3.63) is 45.4 Å². The molecule has 102 valence electrons. The smallest absolute Gasteiger partial charge is 0.312 e. The van der Waals surface area contributed by atoms with Gasteiger partial charge in [-0.05, 0) is 25.0 Å². The fourth-order valence-electron chi connectivity index (χ4n) is 1.44. The van der Waals surface area contributed by atoms with Crippen LogP contribution in [0.15, 0.2) is 29.6 Å². The molecular weight excluding hydrogens is 294 g/mol. The molecule has 20 heavy (non-hydrogen) atoms. The van der Waals surface area contributed by atoms with Crippen molar-refractivity contribution < 1.29 is 9.53 Å². The highest BCUT2D eigenvalue weighted by atomic mass is 35.5. The van der Waals surface area contributed by atoms with E-state index in [1.165, 1.54) is 0 Å². The molecular formula is C15H12ClNO2S. The van der Waals surface area contributed by atoms with E-state index in [-0.39, 0.29) is 12.4 Å². The van der Waals surface area contributed by atoms with Gasteiger partial charge in [0.25, 0.3) is 0 Å². The number of thiazole rings is 1. The van der Waals surface area contributed by atoms with Crippen molar-refractivity contribution >= 4 is 28.9 Å². The number of hydrogen-bond acceptors (Lipinski definition) is 4. The first-order valence-electron chi connectivity index (χ1n) is 6.01. The summed E-state index contributed by atoms with van der Waals surface area (Å²) < 4.78 is 5.15. The maximum atomic E-state index is 11.6. The van der Waals surface area contributed by atoms with E-state index >= 15 is 0 Å². The van der Waals surface area contributed by atoms with Crippen LogP contribution in [0.1, 0.15) is 23.5 Å². The van der Waals surface area contributed by atoms with Crippen LogP contribution in [0.2, 0.25) is 5.02 Å². The minimum absolute atomic E-state index is 0.224. The Hall–Kier alpha value is -1.83. The van der Waals surface area contributed by atoms with E-state index in [1.54, 1.807) is 35.6 Å². The highest BCUT2D eigenvalue weighted by Crippen LogP contribution is 2.23. The van der Waals surface area contributed by atoms with E-state index in [2.05, 4.69) is 16.8 Å². The van der Waals surface area contributed by atoms with Gasteiger partial charge in [0.2, 0.25) is 0 Å². The van der Waals surface area contributed by atoms with Crippen molar-refractivity contribution in [1.82, 2.24) is 4.98 Å². The van der Waals surface area contributed by atoms with Gasteiger partial charge < -0.3 is 4.74 Å². The van der Waals surface area contributed by atoms with Crippen LogP contribution >= 0.6 is 22.9 Å². The van der Waals surface area contributed by atoms with Crippen LogP contribution in [0.4, 0.5) is 0 Å². The standard InChI is InChI=1S/C15H12ClNO2S/c1-11-17-12(10-20-11)6-2-5-9-15(18)19-14-8-4-3-7-13(14)16/h3-4,7-8,10H,5,9H2,1H3. The molecule has 5 heteroatoms. The van der Waals surface area contributed by atoms with Crippen molar-refractivity contribution in [2.45, 2.75) is 19.8 Å². The Balaban J connectivity index is 1.81. The molecule has 0 N–H and O–H groups in total. The van der Waals surface area contributed by atoms with Crippen LogP contribution < -0.4 is 4.74 Å². The van der Waals surface area contributed by atoms with E-state index in [1.807, 2.05) is 12.3 Å². The second kappa shape index (κ2) is 7.09. The highest BCUT2D eigenvalue weighted by Gasteiger charge is 2.06. The first-order chi connectivity index (χ1) is 9.65. The number of para-hydroxylation sites is 1. The summed E-state index contributed by atoms with van der Waals surface area (Å²) in [6.07, 6.45) is 0.654. The van der Waals surface area contributed by atoms with Crippen molar-refractivity contribution in [3.63, 3.8) is 0 Å². The first-order valence-corrected chi connectivity index (χ1v) is 7.27. The number of nitrogens with zero attached hydrogens (tertiary/aromatic N) is 1. The predicted molar refractivity (Wildman–Crippen MR) is 80.1 cm³/mol. The maximum absolute atomic E-state index is 11.6. The molecule has 0 atom stereocenters. The fraction of sp³-hybridized carbons (Fsp3) is 0.200. The Bertz CT molecular complexity index is 670. The third-order valence-electron chi connectivity index (χ3n) is 2.35. The Morgan fingerprint density at radius 3 is 2.95 bits per heavy atom. The molecule has 0 amide bonds. The van der Waals surface area contributed by atoms with Crippen molar-refractivity contribution in [3.8, 4) is 17.6 Å². The minimum atomic E-state index is -0.346. The lowest BCUT2D eigenvalue weighted by molar-refractivity contribution is -0.134. The molecule has 0 aliphatic carbocycles. The molecule has 0 bridgehead atoms. The molecule has 2 rings (SSSR count). The predicted octanol–water partition coefficient (Wildman–Crippen LogP) is 3.84. The Labute approximate surface area is 126 Å². The number of halogens is 1. The lowest BCUT2D eigenvalue weighted by atomic mass is 10.3. The van der Waals surface area contributed by atoms with Crippen LogP contribution in [-0.2, 0) is 4.79 Å². The van der Waals surface area contributed by atoms with Crippen LogP contribution in [-0.4, -0.2) is 11.0 Å². The van der Waals surface area contributed by atoms with E-state index in [0.717, 1.165) is 10.7 Å². The van der Waals surface area contributed by atoms with Crippen molar-refractivity contribution in [2.75, 3.05) is 0 Å². The molecule has 0 radical (unpaired) electrons. The van der Waals surface area contributed by atoms with E-state index in [4.69, 9.17) is 16.3 Å². The zero-order valence-corrected chi connectivity index (χ0v) is 12.4. The number of ether oxygens (including phenoxy) is 1. The average molecular weight is 306 g/mol. The number of rotatable bonds is 3. The van der Waals surface area contributed by atoms with Crippen LogP contribution in [0.5, 0.6) is 5.75 Å². The average Bonchev–Trinajstić information content (AvgIpc) is 2.83. The number of esters is 1. The molecule has 0 unspecified atom stereocenters. The number of carbonyl (C=O) groups excluding carboxylic acids is 1. The number of hydrogen-bond donors (Lipinski definition) is 0. The summed E-state index contributed by atoms with van der Waals surface area (Å²) in [7, 11) is 0. The molecule has 0 spiro atoms. The van der Waals surface area contributed by atoms with Gasteiger partial charge in [-0.2, -0.15) is 0 Å². The van der Waals surface area contributed by atoms with E-state index in [9.17, 15) is 4.79 Å². The normalized spacial score (nSPS) is 9.70. The number of aryl methyl sites for hydroxylation is 1. The lowest BCUT2D eigenvalue weighted by Crippen LogP contribution is -2.07. The summed E-state index contributed by atoms with van der Waals surface area (Å²) >= 11 is 7.45. The van der Waals surface area contributed by atoms with E-state index < -0.39 is 0 Å². The number of aromatic nitrogens is 1. The Kier molecular flexibility index (Phi) is 5.16. The Morgan fingerprint density at radius 2 is 2.25 bits per heavy atom. The molecule has 0 saturated carbocycles. The Morgan fingerprint density at radius 1 is 1.45 bits per heavy atom. The second-order valence-corrected chi connectivity index (χ2v) is 5.43. The van der Waals surface area contributed by atoms with Gasteiger partial charge in [0, 0.05) is 11.8 Å². The van der Waals surface area contributed by atoms with Gasteiger partial charge in [-0.3, -0.25) is 4.79 Å². The van der Waals surface area contributed by atoms with Gasteiger partial charge in [-0.25, -0.2) is 4.98 Å².